The minimum Gasteiger partial charge on any atom is -0.489 e. The maximum Gasteiger partial charge on any atom is 0.141 e. The van der Waals surface area contributed by atoms with Gasteiger partial charge in [-0.25, -0.2) is 0 Å². The van der Waals surface area contributed by atoms with Crippen LogP contribution in [0.3, 0.4) is 0 Å². The maximum absolute atomic E-state index is 6.08. The topological polar surface area (TPSA) is 62.3 Å². The number of nitrogens with zero attached hydrogens (tertiary/aromatic N) is 2. The first-order chi connectivity index (χ1) is 12.1. The van der Waals surface area contributed by atoms with E-state index in [0.717, 1.165) is 22.6 Å². The van der Waals surface area contributed by atoms with Crippen LogP contribution in [-0.2, 0) is 13.7 Å². The first kappa shape index (κ1) is 17.0. The van der Waals surface area contributed by atoms with Crippen LogP contribution in [0.4, 0.5) is 0 Å². The van der Waals surface area contributed by atoms with Crippen LogP contribution in [0.2, 0.25) is 0 Å². The summed E-state index contributed by atoms with van der Waals surface area (Å²) < 4.78 is 13.6. The fraction of sp³-hybridized carbons (Fsp3) is 0.250. The van der Waals surface area contributed by atoms with E-state index in [2.05, 4.69) is 5.10 Å². The van der Waals surface area contributed by atoms with Crippen LogP contribution in [-0.4, -0.2) is 15.8 Å². The molecule has 2 unspecified atom stereocenters. The molecular formula is C20H23N3O2. The zero-order valence-electron chi connectivity index (χ0n) is 14.5. The first-order valence-corrected chi connectivity index (χ1v) is 8.29. The zero-order valence-corrected chi connectivity index (χ0v) is 14.5. The van der Waals surface area contributed by atoms with Gasteiger partial charge in [-0.2, -0.15) is 5.10 Å². The van der Waals surface area contributed by atoms with Gasteiger partial charge < -0.3 is 15.2 Å². The third-order valence-electron chi connectivity index (χ3n) is 3.87. The van der Waals surface area contributed by atoms with Gasteiger partial charge in [0.15, 0.2) is 0 Å². The average molecular weight is 337 g/mol. The maximum atomic E-state index is 6.08. The third-order valence-corrected chi connectivity index (χ3v) is 3.87. The summed E-state index contributed by atoms with van der Waals surface area (Å²) in [5.74, 6) is 1.55. The van der Waals surface area contributed by atoms with E-state index in [1.165, 1.54) is 0 Å². The number of aromatic nitrogens is 2. The fourth-order valence-corrected chi connectivity index (χ4v) is 2.57. The number of ether oxygens (including phenoxy) is 2. The molecule has 2 aromatic carbocycles. The lowest BCUT2D eigenvalue weighted by Crippen LogP contribution is -2.28. The summed E-state index contributed by atoms with van der Waals surface area (Å²) in [6.45, 7) is 2.47. The molecule has 3 rings (SSSR count). The van der Waals surface area contributed by atoms with Gasteiger partial charge in [-0.1, -0.05) is 30.3 Å². The van der Waals surface area contributed by atoms with Crippen LogP contribution in [0.5, 0.6) is 11.5 Å². The molecule has 0 radical (unpaired) electrons. The molecule has 1 aromatic heterocycles. The van der Waals surface area contributed by atoms with E-state index in [1.54, 1.807) is 10.9 Å². The molecule has 0 saturated heterocycles. The Hall–Kier alpha value is -2.79. The van der Waals surface area contributed by atoms with Crippen LogP contribution in [0.15, 0.2) is 67.0 Å². The molecule has 0 fully saturated rings. The van der Waals surface area contributed by atoms with Crippen molar-refractivity contribution in [3.63, 3.8) is 0 Å². The second-order valence-corrected chi connectivity index (χ2v) is 6.09. The molecule has 2 atom stereocenters. The molecule has 130 valence electrons. The van der Waals surface area contributed by atoms with Gasteiger partial charge in [0.2, 0.25) is 0 Å². The van der Waals surface area contributed by atoms with E-state index >= 15 is 0 Å². The number of nitrogens with two attached hydrogens (primary N) is 1. The minimum absolute atomic E-state index is 0.154. The molecule has 0 saturated carbocycles. The highest BCUT2D eigenvalue weighted by molar-refractivity contribution is 5.32. The lowest BCUT2D eigenvalue weighted by molar-refractivity contribution is 0.180. The summed E-state index contributed by atoms with van der Waals surface area (Å²) in [7, 11) is 1.88. The van der Waals surface area contributed by atoms with E-state index in [0.29, 0.717) is 6.61 Å². The van der Waals surface area contributed by atoms with Crippen molar-refractivity contribution in [2.24, 2.45) is 12.8 Å². The predicted octanol–water partition coefficient (Wildman–Crippen LogP) is 3.47. The summed E-state index contributed by atoms with van der Waals surface area (Å²) in [5.41, 5.74) is 8.18. The molecule has 0 aliphatic carbocycles. The number of benzene rings is 2. The molecule has 0 amide bonds. The Morgan fingerprint density at radius 3 is 2.32 bits per heavy atom. The molecule has 0 bridgehead atoms. The molecule has 1 heterocycles. The van der Waals surface area contributed by atoms with Gasteiger partial charge in [0.1, 0.15) is 24.2 Å². The summed E-state index contributed by atoms with van der Waals surface area (Å²) in [4.78, 5) is 0. The fourth-order valence-electron chi connectivity index (χ4n) is 2.57. The number of aryl methyl sites for hydroxylation is 1. The van der Waals surface area contributed by atoms with Crippen molar-refractivity contribution in [3.8, 4) is 11.5 Å². The van der Waals surface area contributed by atoms with Crippen molar-refractivity contribution in [2.45, 2.75) is 25.7 Å². The average Bonchev–Trinajstić information content (AvgIpc) is 3.05. The third kappa shape index (κ3) is 4.61. The SMILES string of the molecule is CC(N)C(Oc1ccc(OCc2ccccc2)cc1)c1cnn(C)c1. The molecule has 0 aliphatic heterocycles. The van der Waals surface area contributed by atoms with E-state index in [4.69, 9.17) is 15.2 Å². The van der Waals surface area contributed by atoms with E-state index in [9.17, 15) is 0 Å². The van der Waals surface area contributed by atoms with Crippen molar-refractivity contribution in [2.75, 3.05) is 0 Å². The Morgan fingerprint density at radius 1 is 1.04 bits per heavy atom. The molecule has 2 N–H and O–H groups in total. The summed E-state index contributed by atoms with van der Waals surface area (Å²) in [5, 5.41) is 4.19. The summed E-state index contributed by atoms with van der Waals surface area (Å²) >= 11 is 0. The summed E-state index contributed by atoms with van der Waals surface area (Å²) in [6, 6.07) is 17.5. The Balaban J connectivity index is 1.63. The monoisotopic (exact) mass is 337 g/mol. The Labute approximate surface area is 148 Å². The van der Waals surface area contributed by atoms with E-state index < -0.39 is 0 Å². The Bertz CT molecular complexity index is 782. The van der Waals surface area contributed by atoms with Gasteiger partial charge in [0, 0.05) is 24.8 Å². The molecule has 0 spiro atoms. The van der Waals surface area contributed by atoms with Crippen LogP contribution in [0, 0.1) is 0 Å². The van der Waals surface area contributed by atoms with Crippen molar-refractivity contribution >= 4 is 0 Å². The standard InChI is InChI=1S/C20H23N3O2/c1-15(21)20(17-12-22-23(2)13-17)25-19-10-8-18(9-11-19)24-14-16-6-4-3-5-7-16/h3-13,15,20H,14,21H2,1-2H3. The lowest BCUT2D eigenvalue weighted by Gasteiger charge is -2.21. The second-order valence-electron chi connectivity index (χ2n) is 6.09. The van der Waals surface area contributed by atoms with Gasteiger partial charge in [-0.05, 0) is 36.8 Å². The number of hydrogen-bond donors (Lipinski definition) is 1. The van der Waals surface area contributed by atoms with Crippen molar-refractivity contribution in [3.05, 3.63) is 78.1 Å². The van der Waals surface area contributed by atoms with Gasteiger partial charge in [0.25, 0.3) is 0 Å². The predicted molar refractivity (Wildman–Crippen MR) is 97.4 cm³/mol. The highest BCUT2D eigenvalue weighted by Crippen LogP contribution is 2.26. The molecular weight excluding hydrogens is 314 g/mol. The van der Waals surface area contributed by atoms with Crippen LogP contribution < -0.4 is 15.2 Å². The number of rotatable bonds is 7. The Morgan fingerprint density at radius 2 is 1.72 bits per heavy atom. The lowest BCUT2D eigenvalue weighted by atomic mass is 10.1. The van der Waals surface area contributed by atoms with Gasteiger partial charge in [0.05, 0.1) is 6.20 Å². The summed E-state index contributed by atoms with van der Waals surface area (Å²) in [6.07, 6.45) is 3.46. The van der Waals surface area contributed by atoms with Crippen molar-refractivity contribution < 1.29 is 9.47 Å². The van der Waals surface area contributed by atoms with Crippen LogP contribution >= 0.6 is 0 Å². The molecule has 3 aromatic rings. The van der Waals surface area contributed by atoms with E-state index in [-0.39, 0.29) is 12.1 Å². The largest absolute Gasteiger partial charge is 0.489 e. The van der Waals surface area contributed by atoms with Gasteiger partial charge in [-0.15, -0.1) is 0 Å². The zero-order chi connectivity index (χ0) is 17.6. The first-order valence-electron chi connectivity index (χ1n) is 8.29. The smallest absolute Gasteiger partial charge is 0.141 e. The Kier molecular flexibility index (Phi) is 5.36. The quantitative estimate of drug-likeness (QED) is 0.717. The minimum atomic E-state index is -0.246. The number of hydrogen-bond acceptors (Lipinski definition) is 4. The van der Waals surface area contributed by atoms with Gasteiger partial charge >= 0.3 is 0 Å². The molecule has 25 heavy (non-hydrogen) atoms. The highest BCUT2D eigenvalue weighted by atomic mass is 16.5. The van der Waals surface area contributed by atoms with Crippen molar-refractivity contribution in [1.82, 2.24) is 9.78 Å². The molecule has 5 nitrogen and oxygen atoms in total. The van der Waals surface area contributed by atoms with Gasteiger partial charge in [-0.3, -0.25) is 4.68 Å². The van der Waals surface area contributed by atoms with E-state index in [1.807, 2.05) is 74.8 Å². The van der Waals surface area contributed by atoms with Crippen molar-refractivity contribution in [1.29, 1.82) is 0 Å². The second kappa shape index (κ2) is 7.85. The molecule has 5 heteroatoms. The van der Waals surface area contributed by atoms with Crippen LogP contribution in [0.1, 0.15) is 24.2 Å². The van der Waals surface area contributed by atoms with Crippen LogP contribution in [0.25, 0.3) is 0 Å². The normalized spacial score (nSPS) is 13.2. The molecule has 0 aliphatic rings. The highest BCUT2D eigenvalue weighted by Gasteiger charge is 2.19.